The van der Waals surface area contributed by atoms with Gasteiger partial charge in [-0.1, -0.05) is 6.08 Å². The lowest BCUT2D eigenvalue weighted by molar-refractivity contribution is -0.138. The number of rotatable bonds is 5. The minimum absolute atomic E-state index is 0.00957. The summed E-state index contributed by atoms with van der Waals surface area (Å²) in [5.41, 5.74) is 2.16. The molecular weight excluding hydrogens is 336 g/mol. The van der Waals surface area contributed by atoms with Crippen LogP contribution in [0.1, 0.15) is 21.7 Å². The van der Waals surface area contributed by atoms with Crippen molar-refractivity contribution < 1.29 is 19.4 Å². The van der Waals surface area contributed by atoms with Crippen LogP contribution in [0.3, 0.4) is 0 Å². The molecule has 8 nitrogen and oxygen atoms in total. The van der Waals surface area contributed by atoms with E-state index in [0.717, 1.165) is 5.69 Å². The highest BCUT2D eigenvalue weighted by atomic mass is 16.5. The first-order valence-electron chi connectivity index (χ1n) is 8.88. The molecule has 2 bridgehead atoms. The van der Waals surface area contributed by atoms with Crippen molar-refractivity contribution in [1.82, 2.24) is 19.6 Å². The number of aryl methyl sites for hydroxylation is 1. The Morgan fingerprint density at radius 1 is 1.31 bits per heavy atom. The first kappa shape index (κ1) is 18.6. The molecule has 1 N–H and O–H groups in total. The van der Waals surface area contributed by atoms with Crippen LogP contribution in [0.15, 0.2) is 12.7 Å². The number of amides is 1. The average molecular weight is 362 g/mol. The number of ether oxygens (including phenoxy) is 1. The van der Waals surface area contributed by atoms with Crippen molar-refractivity contribution in [2.24, 2.45) is 5.92 Å². The number of carbonyl (C=O) groups excluding carboxylic acids is 1. The van der Waals surface area contributed by atoms with Crippen LogP contribution < -0.4 is 0 Å². The molecule has 0 radical (unpaired) electrons. The Balaban J connectivity index is 1.87. The second-order valence-corrected chi connectivity index (χ2v) is 7.12. The number of nitrogens with zero attached hydrogens (tertiary/aromatic N) is 4. The Morgan fingerprint density at radius 3 is 2.77 bits per heavy atom. The number of allylic oxidation sites excluding steroid dienone is 1. The third-order valence-electron chi connectivity index (χ3n) is 5.06. The molecule has 1 aromatic heterocycles. The topological polar surface area (TPSA) is 87.9 Å². The summed E-state index contributed by atoms with van der Waals surface area (Å²) < 4.78 is 7.52. The maximum absolute atomic E-state index is 13.3. The molecule has 26 heavy (non-hydrogen) atoms. The Hall–Kier alpha value is -2.19. The van der Waals surface area contributed by atoms with Crippen LogP contribution in [0.5, 0.6) is 0 Å². The molecule has 3 rings (SSSR count). The SMILES string of the molecule is C=CCn1nc(C)c(C(=O)N2C[C@H]3COC[C@@H]2CN(CC(=O)O)C3)c1C. The van der Waals surface area contributed by atoms with Crippen molar-refractivity contribution in [3.8, 4) is 0 Å². The van der Waals surface area contributed by atoms with Gasteiger partial charge < -0.3 is 14.7 Å². The number of hydrogen-bond donors (Lipinski definition) is 1. The summed E-state index contributed by atoms with van der Waals surface area (Å²) >= 11 is 0. The zero-order valence-electron chi connectivity index (χ0n) is 15.3. The summed E-state index contributed by atoms with van der Waals surface area (Å²) in [7, 11) is 0. The predicted octanol–water partition coefficient (Wildman–Crippen LogP) is 0.543. The number of carboxylic acids is 1. The molecule has 2 aliphatic rings. The lowest BCUT2D eigenvalue weighted by atomic mass is 10.1. The third kappa shape index (κ3) is 3.66. The number of carboxylic acid groups (broad SMARTS) is 1. The van der Waals surface area contributed by atoms with Gasteiger partial charge in [0.15, 0.2) is 0 Å². The van der Waals surface area contributed by atoms with Gasteiger partial charge in [-0.3, -0.25) is 19.2 Å². The third-order valence-corrected chi connectivity index (χ3v) is 5.06. The molecule has 2 atom stereocenters. The molecule has 1 aromatic rings. The smallest absolute Gasteiger partial charge is 0.317 e. The van der Waals surface area contributed by atoms with Crippen LogP contribution in [0.25, 0.3) is 0 Å². The quantitative estimate of drug-likeness (QED) is 0.770. The number of carbonyl (C=O) groups is 2. The van der Waals surface area contributed by atoms with E-state index in [1.54, 1.807) is 10.8 Å². The highest BCUT2D eigenvalue weighted by Crippen LogP contribution is 2.24. The van der Waals surface area contributed by atoms with E-state index in [2.05, 4.69) is 11.7 Å². The Bertz CT molecular complexity index is 714. The molecule has 2 saturated heterocycles. The standard InChI is InChI=1S/C18H26N4O4/c1-4-5-22-13(3)17(12(2)19-22)18(25)21-7-14-6-20(9-16(23)24)8-15(21)11-26-10-14/h4,14-15H,1,5-11H2,2-3H3,(H,23,24)/t14-,15-/m0/s1. The zero-order valence-corrected chi connectivity index (χ0v) is 15.3. The minimum Gasteiger partial charge on any atom is -0.480 e. The molecule has 0 spiro atoms. The van der Waals surface area contributed by atoms with Gasteiger partial charge in [0.1, 0.15) is 0 Å². The van der Waals surface area contributed by atoms with Crippen molar-refractivity contribution in [1.29, 1.82) is 0 Å². The van der Waals surface area contributed by atoms with Crippen LogP contribution >= 0.6 is 0 Å². The van der Waals surface area contributed by atoms with Crippen LogP contribution in [0.2, 0.25) is 0 Å². The van der Waals surface area contributed by atoms with Crippen molar-refractivity contribution >= 4 is 11.9 Å². The number of aromatic nitrogens is 2. The van der Waals surface area contributed by atoms with Gasteiger partial charge in [-0.05, 0) is 13.8 Å². The van der Waals surface area contributed by atoms with E-state index < -0.39 is 5.97 Å². The molecule has 2 fully saturated rings. The Labute approximate surface area is 153 Å². The van der Waals surface area contributed by atoms with E-state index in [0.29, 0.717) is 50.7 Å². The van der Waals surface area contributed by atoms with Crippen molar-refractivity contribution in [2.45, 2.75) is 26.4 Å². The molecule has 3 heterocycles. The van der Waals surface area contributed by atoms with E-state index in [-0.39, 0.29) is 24.4 Å². The predicted molar refractivity (Wildman–Crippen MR) is 95.1 cm³/mol. The van der Waals surface area contributed by atoms with Crippen molar-refractivity contribution in [3.05, 3.63) is 29.6 Å². The molecule has 0 unspecified atom stereocenters. The molecule has 0 aromatic carbocycles. The molecule has 8 heteroatoms. The van der Waals surface area contributed by atoms with Crippen LogP contribution in [-0.4, -0.2) is 82.0 Å². The van der Waals surface area contributed by atoms with E-state index in [9.17, 15) is 9.59 Å². The molecule has 142 valence electrons. The van der Waals surface area contributed by atoms with Gasteiger partial charge >= 0.3 is 5.97 Å². The van der Waals surface area contributed by atoms with Gasteiger partial charge in [-0.2, -0.15) is 5.10 Å². The second-order valence-electron chi connectivity index (χ2n) is 7.12. The first-order chi connectivity index (χ1) is 12.4. The summed E-state index contributed by atoms with van der Waals surface area (Å²) in [6.45, 7) is 10.7. The van der Waals surface area contributed by atoms with Crippen molar-refractivity contribution in [2.75, 3.05) is 39.4 Å². The van der Waals surface area contributed by atoms with Gasteiger partial charge in [0, 0.05) is 31.2 Å². The molecule has 0 saturated carbocycles. The maximum Gasteiger partial charge on any atom is 0.317 e. The summed E-state index contributed by atoms with van der Waals surface area (Å²) in [4.78, 5) is 28.2. The molecular formula is C18H26N4O4. The Morgan fingerprint density at radius 2 is 2.08 bits per heavy atom. The summed E-state index contributed by atoms with van der Waals surface area (Å²) in [5, 5.41) is 13.6. The minimum atomic E-state index is -0.846. The van der Waals surface area contributed by atoms with Crippen LogP contribution in [0, 0.1) is 19.8 Å². The number of fused-ring (bicyclic) bond motifs is 3. The second kappa shape index (κ2) is 7.59. The summed E-state index contributed by atoms with van der Waals surface area (Å²) in [5.74, 6) is -0.788. The van der Waals surface area contributed by atoms with Gasteiger partial charge in [-0.25, -0.2) is 0 Å². The van der Waals surface area contributed by atoms with Gasteiger partial charge in [0.2, 0.25) is 0 Å². The largest absolute Gasteiger partial charge is 0.480 e. The van der Waals surface area contributed by atoms with E-state index in [1.807, 2.05) is 23.6 Å². The lowest BCUT2D eigenvalue weighted by Gasteiger charge is -2.30. The average Bonchev–Trinajstić information content (AvgIpc) is 2.70. The fourth-order valence-electron chi connectivity index (χ4n) is 3.96. The van der Waals surface area contributed by atoms with Crippen LogP contribution in [-0.2, 0) is 16.1 Å². The lowest BCUT2D eigenvalue weighted by Crippen LogP contribution is -2.47. The van der Waals surface area contributed by atoms with E-state index in [1.165, 1.54) is 0 Å². The maximum atomic E-state index is 13.3. The number of hydrogen-bond acceptors (Lipinski definition) is 5. The summed E-state index contributed by atoms with van der Waals surface area (Å²) in [6, 6.07) is -0.157. The fourth-order valence-corrected chi connectivity index (χ4v) is 3.96. The highest BCUT2D eigenvalue weighted by molar-refractivity contribution is 5.96. The monoisotopic (exact) mass is 362 g/mol. The molecule has 2 aliphatic heterocycles. The van der Waals surface area contributed by atoms with E-state index in [4.69, 9.17) is 9.84 Å². The first-order valence-corrected chi connectivity index (χ1v) is 8.88. The Kier molecular flexibility index (Phi) is 5.43. The zero-order chi connectivity index (χ0) is 18.8. The van der Waals surface area contributed by atoms with Gasteiger partial charge in [0.05, 0.1) is 43.6 Å². The summed E-state index contributed by atoms with van der Waals surface area (Å²) in [6.07, 6.45) is 1.75. The fraction of sp³-hybridized carbons (Fsp3) is 0.611. The normalized spacial score (nSPS) is 23.5. The van der Waals surface area contributed by atoms with Gasteiger partial charge in [-0.15, -0.1) is 6.58 Å². The van der Waals surface area contributed by atoms with E-state index >= 15 is 0 Å². The van der Waals surface area contributed by atoms with Crippen LogP contribution in [0.4, 0.5) is 0 Å². The van der Waals surface area contributed by atoms with Crippen molar-refractivity contribution in [3.63, 3.8) is 0 Å². The highest BCUT2D eigenvalue weighted by Gasteiger charge is 2.38. The van der Waals surface area contributed by atoms with Gasteiger partial charge in [0.25, 0.3) is 5.91 Å². The molecule has 0 aliphatic carbocycles. The molecule has 1 amide bonds. The number of aliphatic carboxylic acids is 1.